The molecule has 2 rings (SSSR count). The first-order valence-electron chi connectivity index (χ1n) is 4.91. The molecule has 0 N–H and O–H groups in total. The average Bonchev–Trinajstić information content (AvgIpc) is 2.03. The Labute approximate surface area is 79.8 Å². The third kappa shape index (κ3) is 2.20. The number of allylic oxidation sites excluding steroid dienone is 2. The normalized spacial score (nSPS) is 31.7. The van der Waals surface area contributed by atoms with Gasteiger partial charge in [0.05, 0.1) is 0 Å². The van der Waals surface area contributed by atoms with Crippen LogP contribution in [0, 0.1) is 5.41 Å². The summed E-state index contributed by atoms with van der Waals surface area (Å²) in [5.41, 5.74) is 0.453. The summed E-state index contributed by atoms with van der Waals surface area (Å²) in [6, 6.07) is 0. The zero-order valence-electron chi connectivity index (χ0n) is 8.36. The molecule has 0 aromatic rings. The van der Waals surface area contributed by atoms with Gasteiger partial charge in [0, 0.05) is 13.1 Å². The summed E-state index contributed by atoms with van der Waals surface area (Å²) in [5.74, 6) is 0. The van der Waals surface area contributed by atoms with E-state index in [0.717, 1.165) is 19.5 Å². The molecule has 0 spiro atoms. The summed E-state index contributed by atoms with van der Waals surface area (Å²) >= 11 is 0. The number of hydrogen-bond donors (Lipinski definition) is 0. The van der Waals surface area contributed by atoms with E-state index >= 15 is 0 Å². The zero-order chi connectivity index (χ0) is 9.31. The summed E-state index contributed by atoms with van der Waals surface area (Å²) in [5, 5.41) is 2.06. The van der Waals surface area contributed by atoms with Crippen molar-refractivity contribution in [3.63, 3.8) is 0 Å². The van der Waals surface area contributed by atoms with Crippen LogP contribution in [0.25, 0.3) is 0 Å². The van der Waals surface area contributed by atoms with E-state index in [2.05, 4.69) is 43.2 Å². The maximum absolute atomic E-state index is 5.76. The highest BCUT2D eigenvalue weighted by molar-refractivity contribution is 5.11. The van der Waals surface area contributed by atoms with Crippen molar-refractivity contribution in [3.8, 4) is 0 Å². The van der Waals surface area contributed by atoms with E-state index in [1.54, 1.807) is 0 Å². The fourth-order valence-corrected chi connectivity index (χ4v) is 1.81. The third-order valence-electron chi connectivity index (χ3n) is 2.43. The molecule has 72 valence electrons. The van der Waals surface area contributed by atoms with Crippen molar-refractivity contribution in [1.82, 2.24) is 5.06 Å². The largest absolute Gasteiger partial charge is 0.291 e. The van der Waals surface area contributed by atoms with Crippen LogP contribution in [0.5, 0.6) is 0 Å². The molecule has 1 heterocycles. The summed E-state index contributed by atoms with van der Waals surface area (Å²) in [7, 11) is 0. The number of nitrogens with zero attached hydrogens (tertiary/aromatic N) is 1. The first-order valence-corrected chi connectivity index (χ1v) is 4.91. The van der Waals surface area contributed by atoms with E-state index < -0.39 is 0 Å². The minimum Gasteiger partial charge on any atom is -0.291 e. The standard InChI is InChI=1S/C11H17NO/c1-11(2)8-12(9-11)13-10-6-4-3-5-7-10/h3-6,10H,7-9H2,1-2H3. The average molecular weight is 179 g/mol. The van der Waals surface area contributed by atoms with Crippen molar-refractivity contribution in [2.75, 3.05) is 13.1 Å². The lowest BCUT2D eigenvalue weighted by Gasteiger charge is -2.45. The molecule has 2 nitrogen and oxygen atoms in total. The van der Waals surface area contributed by atoms with Crippen LogP contribution in [0.1, 0.15) is 20.3 Å². The Kier molecular flexibility index (Phi) is 2.26. The monoisotopic (exact) mass is 179 g/mol. The van der Waals surface area contributed by atoms with E-state index in [0.29, 0.717) is 5.41 Å². The molecular formula is C11H17NO. The lowest BCUT2D eigenvalue weighted by molar-refractivity contribution is -0.258. The van der Waals surface area contributed by atoms with Crippen molar-refractivity contribution in [3.05, 3.63) is 24.3 Å². The van der Waals surface area contributed by atoms with Crippen molar-refractivity contribution < 1.29 is 4.84 Å². The molecule has 1 aliphatic heterocycles. The second kappa shape index (κ2) is 3.28. The highest BCUT2D eigenvalue weighted by Gasteiger charge is 2.35. The smallest absolute Gasteiger partial charge is 0.101 e. The minimum atomic E-state index is 0.265. The van der Waals surface area contributed by atoms with E-state index in [1.807, 2.05) is 0 Å². The summed E-state index contributed by atoms with van der Waals surface area (Å²) in [4.78, 5) is 5.76. The molecular weight excluding hydrogens is 162 g/mol. The first-order chi connectivity index (χ1) is 6.16. The summed E-state index contributed by atoms with van der Waals surface area (Å²) in [6.45, 7) is 6.65. The van der Waals surface area contributed by atoms with Gasteiger partial charge in [-0.1, -0.05) is 38.2 Å². The van der Waals surface area contributed by atoms with Gasteiger partial charge in [0.15, 0.2) is 0 Å². The van der Waals surface area contributed by atoms with Gasteiger partial charge in [-0.05, 0) is 11.8 Å². The molecule has 0 saturated carbocycles. The predicted octanol–water partition coefficient (Wildman–Crippen LogP) is 2.14. The second-order valence-corrected chi connectivity index (χ2v) is 4.65. The molecule has 1 saturated heterocycles. The van der Waals surface area contributed by atoms with Gasteiger partial charge in [-0.25, -0.2) is 0 Å². The van der Waals surface area contributed by atoms with Crippen LogP contribution >= 0.6 is 0 Å². The van der Waals surface area contributed by atoms with Gasteiger partial charge in [0.1, 0.15) is 6.10 Å². The van der Waals surface area contributed by atoms with Crippen molar-refractivity contribution in [2.24, 2.45) is 5.41 Å². The van der Waals surface area contributed by atoms with Crippen LogP contribution in [0.3, 0.4) is 0 Å². The maximum atomic E-state index is 5.76. The Morgan fingerprint density at radius 3 is 2.62 bits per heavy atom. The van der Waals surface area contributed by atoms with E-state index in [4.69, 9.17) is 4.84 Å². The highest BCUT2D eigenvalue weighted by Crippen LogP contribution is 2.29. The Bertz CT molecular complexity index is 234. The van der Waals surface area contributed by atoms with Gasteiger partial charge in [-0.3, -0.25) is 4.84 Å². The quantitative estimate of drug-likeness (QED) is 0.644. The van der Waals surface area contributed by atoms with Gasteiger partial charge in [0.2, 0.25) is 0 Å². The summed E-state index contributed by atoms with van der Waals surface area (Å²) < 4.78 is 0. The minimum absolute atomic E-state index is 0.265. The van der Waals surface area contributed by atoms with Crippen molar-refractivity contribution in [1.29, 1.82) is 0 Å². The van der Waals surface area contributed by atoms with E-state index in [-0.39, 0.29) is 6.10 Å². The van der Waals surface area contributed by atoms with Crippen LogP contribution in [0.2, 0.25) is 0 Å². The Hall–Kier alpha value is -0.600. The third-order valence-corrected chi connectivity index (χ3v) is 2.43. The fraction of sp³-hybridized carbons (Fsp3) is 0.636. The molecule has 2 heteroatoms. The topological polar surface area (TPSA) is 12.5 Å². The number of hydrogen-bond acceptors (Lipinski definition) is 2. The zero-order valence-corrected chi connectivity index (χ0v) is 8.36. The first kappa shape index (κ1) is 8.97. The Morgan fingerprint density at radius 2 is 2.08 bits per heavy atom. The van der Waals surface area contributed by atoms with Gasteiger partial charge in [-0.2, -0.15) is 5.06 Å². The lowest BCUT2D eigenvalue weighted by Crippen LogP contribution is -2.53. The molecule has 0 aromatic carbocycles. The molecule has 1 unspecified atom stereocenters. The molecule has 1 fully saturated rings. The fourth-order valence-electron chi connectivity index (χ4n) is 1.81. The van der Waals surface area contributed by atoms with Crippen molar-refractivity contribution in [2.45, 2.75) is 26.4 Å². The van der Waals surface area contributed by atoms with Crippen LogP contribution in [0.4, 0.5) is 0 Å². The number of hydroxylamine groups is 2. The molecule has 0 amide bonds. The Balaban J connectivity index is 1.75. The van der Waals surface area contributed by atoms with Gasteiger partial charge in [-0.15, -0.1) is 0 Å². The molecule has 1 aliphatic carbocycles. The molecule has 0 aromatic heterocycles. The molecule has 1 atom stereocenters. The van der Waals surface area contributed by atoms with Crippen LogP contribution in [-0.4, -0.2) is 24.3 Å². The van der Waals surface area contributed by atoms with Gasteiger partial charge >= 0.3 is 0 Å². The van der Waals surface area contributed by atoms with Gasteiger partial charge < -0.3 is 0 Å². The second-order valence-electron chi connectivity index (χ2n) is 4.65. The molecule has 2 aliphatic rings. The van der Waals surface area contributed by atoms with Crippen LogP contribution in [0.15, 0.2) is 24.3 Å². The van der Waals surface area contributed by atoms with Crippen LogP contribution in [-0.2, 0) is 4.84 Å². The van der Waals surface area contributed by atoms with E-state index in [9.17, 15) is 0 Å². The maximum Gasteiger partial charge on any atom is 0.101 e. The summed E-state index contributed by atoms with van der Waals surface area (Å²) in [6.07, 6.45) is 9.66. The van der Waals surface area contributed by atoms with Crippen molar-refractivity contribution >= 4 is 0 Å². The van der Waals surface area contributed by atoms with Crippen LogP contribution < -0.4 is 0 Å². The SMILES string of the molecule is CC1(C)CN(OC2C=CC=CC2)C1. The lowest BCUT2D eigenvalue weighted by atomic mass is 9.86. The molecule has 0 bridgehead atoms. The van der Waals surface area contributed by atoms with Gasteiger partial charge in [0.25, 0.3) is 0 Å². The predicted molar refractivity (Wildman–Crippen MR) is 53.1 cm³/mol. The highest BCUT2D eigenvalue weighted by atomic mass is 16.7. The molecule has 13 heavy (non-hydrogen) atoms. The number of rotatable bonds is 2. The molecule has 0 radical (unpaired) electrons. The Morgan fingerprint density at radius 1 is 1.31 bits per heavy atom. The van der Waals surface area contributed by atoms with E-state index in [1.165, 1.54) is 0 Å².